The largest absolute Gasteiger partial charge is 0.504 e. The Hall–Kier alpha value is -5.41. The van der Waals surface area contributed by atoms with Crippen LogP contribution in [0.15, 0.2) is 80.1 Å². The fourth-order valence-electron chi connectivity index (χ4n) is 5.32. The lowest BCUT2D eigenvalue weighted by molar-refractivity contribution is -0.139. The number of allylic oxidation sites excluding steroid dienone is 1. The topological polar surface area (TPSA) is 164 Å². The summed E-state index contributed by atoms with van der Waals surface area (Å²) in [4.78, 5) is 56.8. The molecule has 1 amide bonds. The average molecular weight is 781 g/mol. The lowest BCUT2D eigenvalue weighted by atomic mass is 9.95. The standard InChI is InChI=1S/C36H34BrN3O10S/c1-6-48-34(44)21-8-11-23(12-9-21)39-29(42)18-50-32-24(37)14-20(15-27(32)47-5)16-28-33(43)40-31(22-10-13-25(41)26(17-22)46-4)30(35(45)49-7-2)19(3)38-36(40)51-28/h8-17,31,41H,6-7,18H2,1-5H3,(H,39,42)/b28-16+/t31-/m0/s1. The molecule has 2 N–H and O–H groups in total. The molecule has 2 heterocycles. The molecule has 51 heavy (non-hydrogen) atoms. The number of halogens is 1. The molecule has 15 heteroatoms. The lowest BCUT2D eigenvalue weighted by Crippen LogP contribution is -2.39. The summed E-state index contributed by atoms with van der Waals surface area (Å²) < 4.78 is 29.2. The number of esters is 2. The first-order valence-electron chi connectivity index (χ1n) is 15.6. The van der Waals surface area contributed by atoms with Crippen LogP contribution in [0.5, 0.6) is 23.0 Å². The fourth-order valence-corrected chi connectivity index (χ4v) is 6.95. The molecule has 0 fully saturated rings. The number of benzene rings is 3. The molecule has 0 radical (unpaired) electrons. The SMILES string of the molecule is CCOC(=O)C1=C(C)N=c2s/c(=C/c3cc(Br)c(OCC(=O)Nc4ccc(C(=O)OCC)cc4)c(OC)c3)c(=O)n2[C@H]1c1ccc(O)c(OC)c1. The summed E-state index contributed by atoms with van der Waals surface area (Å²) in [6.45, 7) is 5.12. The Morgan fingerprint density at radius 1 is 0.980 bits per heavy atom. The zero-order valence-corrected chi connectivity index (χ0v) is 30.7. The first-order chi connectivity index (χ1) is 24.5. The molecule has 3 aromatic carbocycles. The molecule has 0 saturated heterocycles. The van der Waals surface area contributed by atoms with E-state index in [-0.39, 0.29) is 42.6 Å². The van der Waals surface area contributed by atoms with E-state index in [0.717, 1.165) is 11.3 Å². The number of ether oxygens (including phenoxy) is 5. The number of carbonyl (C=O) groups is 3. The second-order valence-electron chi connectivity index (χ2n) is 10.9. The molecular formula is C36H34BrN3O10S. The van der Waals surface area contributed by atoms with Crippen molar-refractivity contribution in [2.75, 3.05) is 39.4 Å². The summed E-state index contributed by atoms with van der Waals surface area (Å²) in [5, 5.41) is 12.9. The third kappa shape index (κ3) is 7.99. The maximum Gasteiger partial charge on any atom is 0.338 e. The van der Waals surface area contributed by atoms with Gasteiger partial charge < -0.3 is 34.1 Å². The molecule has 0 saturated carbocycles. The van der Waals surface area contributed by atoms with Crippen molar-refractivity contribution in [2.45, 2.75) is 26.8 Å². The van der Waals surface area contributed by atoms with Crippen LogP contribution in [0.25, 0.3) is 6.08 Å². The summed E-state index contributed by atoms with van der Waals surface area (Å²) in [7, 11) is 2.85. The normalized spacial score (nSPS) is 13.9. The molecule has 0 spiro atoms. The highest BCUT2D eigenvalue weighted by Gasteiger charge is 2.34. The Morgan fingerprint density at radius 3 is 2.33 bits per heavy atom. The van der Waals surface area contributed by atoms with Crippen molar-refractivity contribution in [3.8, 4) is 23.0 Å². The van der Waals surface area contributed by atoms with E-state index in [1.807, 2.05) is 0 Å². The van der Waals surface area contributed by atoms with Gasteiger partial charge in [-0.3, -0.25) is 14.2 Å². The number of nitrogens with one attached hydrogen (secondary N) is 1. The minimum Gasteiger partial charge on any atom is -0.504 e. The second kappa shape index (κ2) is 16.1. The van der Waals surface area contributed by atoms with E-state index in [1.165, 1.54) is 24.9 Å². The number of hydrogen-bond donors (Lipinski definition) is 2. The van der Waals surface area contributed by atoms with Crippen LogP contribution < -0.4 is 34.4 Å². The van der Waals surface area contributed by atoms with E-state index >= 15 is 0 Å². The number of methoxy groups -OCH3 is 2. The third-order valence-electron chi connectivity index (χ3n) is 7.61. The average Bonchev–Trinajstić information content (AvgIpc) is 3.41. The van der Waals surface area contributed by atoms with Crippen molar-refractivity contribution in [1.29, 1.82) is 0 Å². The van der Waals surface area contributed by atoms with Crippen LogP contribution in [0.1, 0.15) is 48.3 Å². The predicted octanol–water partition coefficient (Wildman–Crippen LogP) is 4.48. The van der Waals surface area contributed by atoms with Gasteiger partial charge in [-0.2, -0.15) is 0 Å². The summed E-state index contributed by atoms with van der Waals surface area (Å²) in [5.74, 6) is -0.879. The molecule has 1 aliphatic rings. The Balaban J connectivity index is 1.44. The number of aromatic hydroxyl groups is 1. The molecule has 266 valence electrons. The van der Waals surface area contributed by atoms with Crippen molar-refractivity contribution in [3.63, 3.8) is 0 Å². The first-order valence-corrected chi connectivity index (χ1v) is 17.2. The highest BCUT2D eigenvalue weighted by atomic mass is 79.9. The third-order valence-corrected chi connectivity index (χ3v) is 9.19. The van der Waals surface area contributed by atoms with Gasteiger partial charge in [0.25, 0.3) is 11.5 Å². The molecule has 0 aliphatic carbocycles. The minimum absolute atomic E-state index is 0.0956. The van der Waals surface area contributed by atoms with Gasteiger partial charge in [-0.25, -0.2) is 14.6 Å². The fraction of sp³-hybridized carbons (Fsp3) is 0.250. The van der Waals surface area contributed by atoms with Crippen LogP contribution in [0.4, 0.5) is 5.69 Å². The first kappa shape index (κ1) is 36.9. The smallest absolute Gasteiger partial charge is 0.338 e. The van der Waals surface area contributed by atoms with Crippen molar-refractivity contribution >= 4 is 56.9 Å². The van der Waals surface area contributed by atoms with E-state index in [9.17, 15) is 24.3 Å². The van der Waals surface area contributed by atoms with E-state index in [4.69, 9.17) is 23.7 Å². The quantitative estimate of drug-likeness (QED) is 0.196. The number of phenols is 1. The van der Waals surface area contributed by atoms with Crippen LogP contribution in [-0.2, 0) is 19.1 Å². The number of thiazole rings is 1. The molecule has 0 bridgehead atoms. The molecular weight excluding hydrogens is 746 g/mol. The van der Waals surface area contributed by atoms with Crippen LogP contribution in [0.2, 0.25) is 0 Å². The number of fused-ring (bicyclic) bond motifs is 1. The highest BCUT2D eigenvalue weighted by Crippen LogP contribution is 2.38. The summed E-state index contributed by atoms with van der Waals surface area (Å²) in [6.07, 6.45) is 1.66. The van der Waals surface area contributed by atoms with E-state index < -0.39 is 29.4 Å². The number of amides is 1. The number of hydrogen-bond acceptors (Lipinski definition) is 12. The lowest BCUT2D eigenvalue weighted by Gasteiger charge is -2.25. The van der Waals surface area contributed by atoms with Gasteiger partial charge in [0.15, 0.2) is 34.4 Å². The Kier molecular flexibility index (Phi) is 11.6. The van der Waals surface area contributed by atoms with Gasteiger partial charge in [0, 0.05) is 5.69 Å². The number of phenolic OH excluding ortho intramolecular Hbond substituents is 1. The predicted molar refractivity (Wildman–Crippen MR) is 192 cm³/mol. The van der Waals surface area contributed by atoms with Gasteiger partial charge in [0.2, 0.25) is 0 Å². The molecule has 13 nitrogen and oxygen atoms in total. The second-order valence-corrected chi connectivity index (χ2v) is 12.8. The Bertz CT molecular complexity index is 2210. The van der Waals surface area contributed by atoms with Gasteiger partial charge in [-0.15, -0.1) is 0 Å². The van der Waals surface area contributed by atoms with Gasteiger partial charge in [-0.1, -0.05) is 17.4 Å². The summed E-state index contributed by atoms with van der Waals surface area (Å²) in [6, 6.07) is 13.3. The zero-order valence-electron chi connectivity index (χ0n) is 28.3. The van der Waals surface area contributed by atoms with Crippen molar-refractivity contribution in [2.24, 2.45) is 4.99 Å². The molecule has 0 unspecified atom stereocenters. The monoisotopic (exact) mass is 779 g/mol. The minimum atomic E-state index is -0.907. The van der Waals surface area contributed by atoms with Gasteiger partial charge >= 0.3 is 11.9 Å². The maximum absolute atomic E-state index is 14.1. The van der Waals surface area contributed by atoms with Crippen molar-refractivity contribution in [1.82, 2.24) is 4.57 Å². The molecule has 1 aromatic heterocycles. The van der Waals surface area contributed by atoms with Gasteiger partial charge in [0.05, 0.1) is 59.3 Å². The molecule has 4 aromatic rings. The maximum atomic E-state index is 14.1. The number of rotatable bonds is 12. The molecule has 1 atom stereocenters. The molecule has 1 aliphatic heterocycles. The van der Waals surface area contributed by atoms with Crippen LogP contribution >= 0.6 is 27.3 Å². The highest BCUT2D eigenvalue weighted by molar-refractivity contribution is 9.10. The number of aromatic nitrogens is 1. The van der Waals surface area contributed by atoms with E-state index in [0.29, 0.717) is 47.6 Å². The van der Waals surface area contributed by atoms with E-state index in [1.54, 1.807) is 75.4 Å². The van der Waals surface area contributed by atoms with E-state index in [2.05, 4.69) is 26.2 Å². The van der Waals surface area contributed by atoms with Crippen LogP contribution in [0.3, 0.4) is 0 Å². The summed E-state index contributed by atoms with van der Waals surface area (Å²) in [5.41, 5.74) is 2.09. The van der Waals surface area contributed by atoms with Crippen LogP contribution in [-0.4, -0.2) is 61.6 Å². The Labute approximate surface area is 304 Å². The molecule has 5 rings (SSSR count). The summed E-state index contributed by atoms with van der Waals surface area (Å²) >= 11 is 4.63. The zero-order chi connectivity index (χ0) is 36.8. The van der Waals surface area contributed by atoms with Crippen molar-refractivity contribution in [3.05, 3.63) is 107 Å². The Morgan fingerprint density at radius 2 is 1.67 bits per heavy atom. The van der Waals surface area contributed by atoms with Gasteiger partial charge in [0.1, 0.15) is 0 Å². The number of nitrogens with zero attached hydrogens (tertiary/aromatic N) is 2. The van der Waals surface area contributed by atoms with Crippen LogP contribution in [0, 0.1) is 0 Å². The van der Waals surface area contributed by atoms with Gasteiger partial charge in [-0.05, 0) is 102 Å². The number of carbonyl (C=O) groups excluding carboxylic acids is 3. The van der Waals surface area contributed by atoms with Crippen molar-refractivity contribution < 1.29 is 43.2 Å². The number of anilines is 1.